The highest BCUT2D eigenvalue weighted by atomic mass is 16.5. The van der Waals surface area contributed by atoms with E-state index >= 15 is 0 Å². The van der Waals surface area contributed by atoms with Crippen LogP contribution in [0.4, 0.5) is 5.82 Å². The number of anilines is 1. The largest absolute Gasteiger partial charge is 0.491 e. The Hall–Kier alpha value is -2.89. The van der Waals surface area contributed by atoms with Crippen LogP contribution in [0.25, 0.3) is 0 Å². The Morgan fingerprint density at radius 2 is 2.08 bits per heavy atom. The van der Waals surface area contributed by atoms with Crippen LogP contribution in [0.2, 0.25) is 0 Å². The van der Waals surface area contributed by atoms with E-state index in [2.05, 4.69) is 11.1 Å². The van der Waals surface area contributed by atoms with Crippen LogP contribution in [0.1, 0.15) is 30.5 Å². The lowest BCUT2D eigenvalue weighted by atomic mass is 9.98. The summed E-state index contributed by atoms with van der Waals surface area (Å²) in [6, 6.07) is 10.0. The second-order valence-corrected chi connectivity index (χ2v) is 6.99. The Balaban J connectivity index is 1.59. The van der Waals surface area contributed by atoms with Crippen molar-refractivity contribution in [3.8, 4) is 5.75 Å². The summed E-state index contributed by atoms with van der Waals surface area (Å²) in [4.78, 5) is 22.1. The quantitative estimate of drug-likeness (QED) is 0.896. The van der Waals surface area contributed by atoms with Gasteiger partial charge in [-0.1, -0.05) is 6.07 Å². The van der Waals surface area contributed by atoms with E-state index in [1.165, 1.54) is 5.56 Å². The van der Waals surface area contributed by atoms with Crippen LogP contribution >= 0.6 is 0 Å². The van der Waals surface area contributed by atoms with Gasteiger partial charge in [0.2, 0.25) is 0 Å². The first-order valence-corrected chi connectivity index (χ1v) is 8.80. The fourth-order valence-corrected chi connectivity index (χ4v) is 3.32. The third-order valence-corrected chi connectivity index (χ3v) is 4.69. The molecule has 0 spiro atoms. The van der Waals surface area contributed by atoms with Gasteiger partial charge in [0.1, 0.15) is 11.6 Å². The zero-order valence-corrected chi connectivity index (χ0v) is 14.8. The van der Waals surface area contributed by atoms with Crippen molar-refractivity contribution >= 4 is 17.5 Å². The summed E-state index contributed by atoms with van der Waals surface area (Å²) in [5.41, 5.74) is 4.21. The van der Waals surface area contributed by atoms with E-state index in [1.54, 1.807) is 6.20 Å². The van der Waals surface area contributed by atoms with E-state index in [-0.39, 0.29) is 12.0 Å². The second kappa shape index (κ2) is 6.44. The van der Waals surface area contributed by atoms with Gasteiger partial charge in [0.15, 0.2) is 0 Å². The lowest BCUT2D eigenvalue weighted by molar-refractivity contribution is -0.142. The van der Waals surface area contributed by atoms with Crippen molar-refractivity contribution in [2.45, 2.75) is 26.5 Å². The number of carbonyl (C=O) groups is 1. The van der Waals surface area contributed by atoms with Crippen LogP contribution in [0.15, 0.2) is 41.5 Å². The Morgan fingerprint density at radius 3 is 2.81 bits per heavy atom. The first kappa shape index (κ1) is 16.6. The maximum atomic E-state index is 11.0. The number of carboxylic acids is 1. The van der Waals surface area contributed by atoms with Crippen LogP contribution in [0, 0.1) is 5.92 Å². The molecule has 2 aliphatic rings. The summed E-state index contributed by atoms with van der Waals surface area (Å²) >= 11 is 0. The number of hydrogen-bond donors (Lipinski definition) is 1. The fourth-order valence-electron chi connectivity index (χ4n) is 3.32. The van der Waals surface area contributed by atoms with Crippen molar-refractivity contribution in [2.75, 3.05) is 18.0 Å². The van der Waals surface area contributed by atoms with Crippen LogP contribution in [0.5, 0.6) is 5.75 Å². The number of benzene rings is 1. The predicted octanol–water partition coefficient (Wildman–Crippen LogP) is 2.74. The van der Waals surface area contributed by atoms with E-state index in [9.17, 15) is 4.79 Å². The molecule has 0 radical (unpaired) electrons. The molecule has 1 aromatic heterocycles. The summed E-state index contributed by atoms with van der Waals surface area (Å²) in [5, 5.41) is 9.04. The molecule has 6 heteroatoms. The van der Waals surface area contributed by atoms with Gasteiger partial charge in [0.25, 0.3) is 0 Å². The van der Waals surface area contributed by atoms with Gasteiger partial charge in [-0.05, 0) is 43.7 Å². The monoisotopic (exact) mass is 351 g/mol. The molecular formula is C20H21N3O3. The minimum Gasteiger partial charge on any atom is -0.491 e. The molecule has 1 saturated heterocycles. The van der Waals surface area contributed by atoms with E-state index in [0.29, 0.717) is 19.6 Å². The third kappa shape index (κ3) is 3.03. The molecule has 3 heterocycles. The molecule has 2 aliphatic heterocycles. The number of ether oxygens (including phenoxy) is 1. The molecule has 2 aromatic rings. The smallest absolute Gasteiger partial charge is 0.310 e. The standard InChI is InChI=1S/C20H21N3O3/c1-12(2)26-16-4-3-14-9-22-19(17(14)8-16)13-5-6-21-18(7-13)23-10-15(11-23)20(24)25/h3-8,12,15H,9-11H2,1-2H3,(H,24,25). The lowest BCUT2D eigenvalue weighted by Crippen LogP contribution is -2.50. The SMILES string of the molecule is CC(C)Oc1ccc2c(c1)C(c1ccnc(N3CC(C(=O)O)C3)c1)=NC2. The minimum absolute atomic E-state index is 0.121. The molecule has 0 bridgehead atoms. The van der Waals surface area contributed by atoms with Crippen molar-refractivity contribution in [1.29, 1.82) is 0 Å². The molecule has 4 rings (SSSR count). The van der Waals surface area contributed by atoms with E-state index < -0.39 is 5.97 Å². The maximum Gasteiger partial charge on any atom is 0.310 e. The molecule has 1 fully saturated rings. The van der Waals surface area contributed by atoms with Gasteiger partial charge >= 0.3 is 5.97 Å². The number of aliphatic carboxylic acids is 1. The highest BCUT2D eigenvalue weighted by molar-refractivity contribution is 6.15. The summed E-state index contributed by atoms with van der Waals surface area (Å²) in [6.45, 7) is 5.68. The molecule has 0 saturated carbocycles. The van der Waals surface area contributed by atoms with Gasteiger partial charge in [0, 0.05) is 30.4 Å². The third-order valence-electron chi connectivity index (χ3n) is 4.69. The van der Waals surface area contributed by atoms with Gasteiger partial charge in [-0.3, -0.25) is 9.79 Å². The first-order valence-electron chi connectivity index (χ1n) is 8.80. The maximum absolute atomic E-state index is 11.0. The second-order valence-electron chi connectivity index (χ2n) is 6.99. The van der Waals surface area contributed by atoms with Gasteiger partial charge in [-0.25, -0.2) is 4.98 Å². The molecular weight excluding hydrogens is 330 g/mol. The van der Waals surface area contributed by atoms with Gasteiger partial charge < -0.3 is 14.7 Å². The number of pyridine rings is 1. The number of hydrogen-bond acceptors (Lipinski definition) is 5. The summed E-state index contributed by atoms with van der Waals surface area (Å²) in [5.74, 6) is 0.588. The molecule has 1 aromatic carbocycles. The first-order chi connectivity index (χ1) is 12.5. The summed E-state index contributed by atoms with van der Waals surface area (Å²) in [7, 11) is 0. The normalized spacial score (nSPS) is 16.3. The Labute approximate surface area is 152 Å². The zero-order valence-electron chi connectivity index (χ0n) is 14.8. The van der Waals surface area contributed by atoms with Crippen molar-refractivity contribution in [2.24, 2.45) is 10.9 Å². The molecule has 134 valence electrons. The zero-order chi connectivity index (χ0) is 18.3. The van der Waals surface area contributed by atoms with E-state index in [0.717, 1.165) is 28.4 Å². The van der Waals surface area contributed by atoms with Gasteiger partial charge in [0.05, 0.1) is 24.3 Å². The molecule has 0 atom stereocenters. The number of aliphatic imine (C=N–C) groups is 1. The molecule has 0 amide bonds. The summed E-state index contributed by atoms with van der Waals surface area (Å²) < 4.78 is 5.82. The van der Waals surface area contributed by atoms with Crippen molar-refractivity contribution in [3.05, 3.63) is 53.2 Å². The number of rotatable bonds is 5. The molecule has 1 N–H and O–H groups in total. The van der Waals surface area contributed by atoms with Crippen LogP contribution < -0.4 is 9.64 Å². The molecule has 0 aliphatic carbocycles. The highest BCUT2D eigenvalue weighted by Gasteiger charge is 2.33. The number of nitrogens with zero attached hydrogens (tertiary/aromatic N) is 3. The van der Waals surface area contributed by atoms with Crippen molar-refractivity contribution in [1.82, 2.24) is 4.98 Å². The van der Waals surface area contributed by atoms with Gasteiger partial charge in [-0.15, -0.1) is 0 Å². The van der Waals surface area contributed by atoms with Crippen molar-refractivity contribution < 1.29 is 14.6 Å². The van der Waals surface area contributed by atoms with Crippen LogP contribution in [-0.2, 0) is 11.3 Å². The Morgan fingerprint density at radius 1 is 1.27 bits per heavy atom. The van der Waals surface area contributed by atoms with E-state index in [4.69, 9.17) is 14.8 Å². The Kier molecular flexibility index (Phi) is 4.11. The topological polar surface area (TPSA) is 75.0 Å². The Bertz CT molecular complexity index is 886. The van der Waals surface area contributed by atoms with Gasteiger partial charge in [-0.2, -0.15) is 0 Å². The number of fused-ring (bicyclic) bond motifs is 1. The molecule has 26 heavy (non-hydrogen) atoms. The minimum atomic E-state index is -0.746. The van der Waals surface area contributed by atoms with E-state index in [1.807, 2.05) is 43.0 Å². The molecule has 0 unspecified atom stereocenters. The van der Waals surface area contributed by atoms with Crippen molar-refractivity contribution in [3.63, 3.8) is 0 Å². The predicted molar refractivity (Wildman–Crippen MR) is 99.1 cm³/mol. The highest BCUT2D eigenvalue weighted by Crippen LogP contribution is 2.29. The average molecular weight is 351 g/mol. The number of aromatic nitrogens is 1. The molecule has 6 nitrogen and oxygen atoms in total. The average Bonchev–Trinajstić information content (AvgIpc) is 2.96. The fraction of sp³-hybridized carbons (Fsp3) is 0.350. The summed E-state index contributed by atoms with van der Waals surface area (Å²) in [6.07, 6.45) is 1.88. The van der Waals surface area contributed by atoms with Crippen LogP contribution in [0.3, 0.4) is 0 Å². The van der Waals surface area contributed by atoms with Crippen LogP contribution in [-0.4, -0.2) is 41.0 Å². The number of carboxylic acid groups (broad SMARTS) is 1. The lowest BCUT2D eigenvalue weighted by Gasteiger charge is -2.37.